The first-order valence-electron chi connectivity index (χ1n) is 6.89. The smallest absolute Gasteiger partial charge is 0.164 e. The molecule has 1 aromatic rings. The van der Waals surface area contributed by atoms with Crippen LogP contribution >= 0.6 is 0 Å². The number of benzene rings is 1. The van der Waals surface area contributed by atoms with Gasteiger partial charge in [-0.2, -0.15) is 0 Å². The molecule has 2 nitrogen and oxygen atoms in total. The first kappa shape index (κ1) is 13.3. The molecular formula is C16H22O2. The number of methoxy groups -OCH3 is 1. The van der Waals surface area contributed by atoms with E-state index < -0.39 is 5.60 Å². The third kappa shape index (κ3) is 2.99. The van der Waals surface area contributed by atoms with Crippen molar-refractivity contribution in [2.75, 3.05) is 7.11 Å². The molecule has 1 aromatic carbocycles. The third-order valence-corrected chi connectivity index (χ3v) is 4.04. The molecule has 1 aliphatic carbocycles. The topological polar surface area (TPSA) is 26.3 Å². The fourth-order valence-electron chi connectivity index (χ4n) is 2.85. The second-order valence-electron chi connectivity index (χ2n) is 5.17. The molecule has 2 rings (SSSR count). The van der Waals surface area contributed by atoms with E-state index in [0.717, 1.165) is 32.1 Å². The van der Waals surface area contributed by atoms with Gasteiger partial charge in [0.15, 0.2) is 5.78 Å². The van der Waals surface area contributed by atoms with Crippen LogP contribution in [0.5, 0.6) is 0 Å². The molecule has 0 amide bonds. The quantitative estimate of drug-likeness (QED) is 0.794. The highest BCUT2D eigenvalue weighted by atomic mass is 16.5. The van der Waals surface area contributed by atoms with Crippen LogP contribution in [0.25, 0.3) is 0 Å². The fourth-order valence-corrected chi connectivity index (χ4v) is 2.85. The molecule has 98 valence electrons. The van der Waals surface area contributed by atoms with Crippen molar-refractivity contribution in [3.63, 3.8) is 0 Å². The number of hydrogen-bond donors (Lipinski definition) is 0. The van der Waals surface area contributed by atoms with Crippen molar-refractivity contribution >= 4 is 5.78 Å². The molecule has 0 N–H and O–H groups in total. The molecule has 0 radical (unpaired) electrons. The molecule has 1 aliphatic rings. The highest BCUT2D eigenvalue weighted by Crippen LogP contribution is 2.33. The summed E-state index contributed by atoms with van der Waals surface area (Å²) < 4.78 is 5.58. The number of hydrogen-bond acceptors (Lipinski definition) is 2. The Morgan fingerprint density at radius 3 is 2.44 bits per heavy atom. The van der Waals surface area contributed by atoms with E-state index in [1.54, 1.807) is 7.11 Å². The zero-order chi connectivity index (χ0) is 12.8. The van der Waals surface area contributed by atoms with Crippen LogP contribution in [0.2, 0.25) is 0 Å². The van der Waals surface area contributed by atoms with Gasteiger partial charge in [-0.05, 0) is 24.8 Å². The Hall–Kier alpha value is -1.15. The zero-order valence-corrected chi connectivity index (χ0v) is 11.2. The van der Waals surface area contributed by atoms with Crippen molar-refractivity contribution in [1.29, 1.82) is 0 Å². The van der Waals surface area contributed by atoms with Crippen molar-refractivity contribution in [2.45, 2.75) is 50.5 Å². The standard InChI is InChI=1S/C16H22O2/c1-18-16(12-6-3-7-13-16)15(17)11-10-14-8-4-2-5-9-14/h2,4-5,8-9H,3,6-7,10-13H2,1H3. The van der Waals surface area contributed by atoms with Gasteiger partial charge in [0.05, 0.1) is 0 Å². The fraction of sp³-hybridized carbons (Fsp3) is 0.562. The number of ether oxygens (including phenoxy) is 1. The number of Topliss-reactive ketones (excluding diaryl/α,β-unsaturated/α-hetero) is 1. The lowest BCUT2D eigenvalue weighted by atomic mass is 9.80. The van der Waals surface area contributed by atoms with Crippen molar-refractivity contribution in [3.8, 4) is 0 Å². The first-order chi connectivity index (χ1) is 8.77. The average molecular weight is 246 g/mol. The summed E-state index contributed by atoms with van der Waals surface area (Å²) in [4.78, 5) is 12.4. The number of rotatable bonds is 5. The molecule has 0 atom stereocenters. The molecule has 0 spiro atoms. The lowest BCUT2D eigenvalue weighted by Gasteiger charge is -2.34. The Balaban J connectivity index is 1.94. The Kier molecular flexibility index (Phi) is 4.54. The summed E-state index contributed by atoms with van der Waals surface area (Å²) in [5.41, 5.74) is 0.750. The van der Waals surface area contributed by atoms with E-state index >= 15 is 0 Å². The van der Waals surface area contributed by atoms with Crippen LogP contribution in [0.3, 0.4) is 0 Å². The molecule has 0 saturated heterocycles. The van der Waals surface area contributed by atoms with Gasteiger partial charge in [0, 0.05) is 13.5 Å². The minimum absolute atomic E-state index is 0.286. The normalized spacial score (nSPS) is 18.5. The second-order valence-corrected chi connectivity index (χ2v) is 5.17. The summed E-state index contributed by atoms with van der Waals surface area (Å²) in [7, 11) is 1.69. The van der Waals surface area contributed by atoms with Gasteiger partial charge in [-0.3, -0.25) is 4.79 Å². The molecule has 1 fully saturated rings. The second kappa shape index (κ2) is 6.14. The number of aryl methyl sites for hydroxylation is 1. The first-order valence-corrected chi connectivity index (χ1v) is 6.89. The van der Waals surface area contributed by atoms with E-state index in [4.69, 9.17) is 4.74 Å². The average Bonchev–Trinajstić information content (AvgIpc) is 2.46. The van der Waals surface area contributed by atoms with Crippen molar-refractivity contribution < 1.29 is 9.53 Å². The van der Waals surface area contributed by atoms with E-state index in [0.29, 0.717) is 6.42 Å². The van der Waals surface area contributed by atoms with Crippen LogP contribution in [-0.2, 0) is 16.0 Å². The molecule has 0 unspecified atom stereocenters. The maximum absolute atomic E-state index is 12.4. The highest BCUT2D eigenvalue weighted by Gasteiger charge is 2.38. The molecular weight excluding hydrogens is 224 g/mol. The van der Waals surface area contributed by atoms with Crippen molar-refractivity contribution in [1.82, 2.24) is 0 Å². The summed E-state index contributed by atoms with van der Waals surface area (Å²) >= 11 is 0. The van der Waals surface area contributed by atoms with Gasteiger partial charge in [0.25, 0.3) is 0 Å². The van der Waals surface area contributed by atoms with Gasteiger partial charge in [0.2, 0.25) is 0 Å². The SMILES string of the molecule is COC1(C(=O)CCc2ccccc2)CCCCC1. The van der Waals surface area contributed by atoms with Gasteiger partial charge in [0.1, 0.15) is 5.60 Å². The summed E-state index contributed by atoms with van der Waals surface area (Å²) in [5, 5.41) is 0. The van der Waals surface area contributed by atoms with Crippen LogP contribution in [0, 0.1) is 0 Å². The Bertz CT molecular complexity index is 377. The van der Waals surface area contributed by atoms with Crippen LogP contribution in [0.1, 0.15) is 44.1 Å². The van der Waals surface area contributed by atoms with Gasteiger partial charge in [-0.25, -0.2) is 0 Å². The van der Waals surface area contributed by atoms with Crippen LogP contribution in [-0.4, -0.2) is 18.5 Å². The Morgan fingerprint density at radius 2 is 1.83 bits per heavy atom. The molecule has 0 aliphatic heterocycles. The van der Waals surface area contributed by atoms with E-state index in [1.807, 2.05) is 18.2 Å². The Labute approximate surface area is 109 Å². The predicted octanol–water partition coefficient (Wildman–Crippen LogP) is 3.54. The minimum atomic E-state index is -0.479. The number of carbonyl (C=O) groups excluding carboxylic acids is 1. The lowest BCUT2D eigenvalue weighted by Crippen LogP contribution is -2.42. The monoisotopic (exact) mass is 246 g/mol. The Morgan fingerprint density at radius 1 is 1.17 bits per heavy atom. The van der Waals surface area contributed by atoms with Gasteiger partial charge >= 0.3 is 0 Å². The molecule has 0 heterocycles. The van der Waals surface area contributed by atoms with Gasteiger partial charge in [-0.15, -0.1) is 0 Å². The summed E-state index contributed by atoms with van der Waals surface area (Å²) in [6.45, 7) is 0. The molecule has 1 saturated carbocycles. The molecule has 0 aromatic heterocycles. The van der Waals surface area contributed by atoms with E-state index in [9.17, 15) is 4.79 Å². The van der Waals surface area contributed by atoms with E-state index in [1.165, 1.54) is 12.0 Å². The number of ketones is 1. The van der Waals surface area contributed by atoms with Crippen molar-refractivity contribution in [2.24, 2.45) is 0 Å². The number of carbonyl (C=O) groups is 1. The maximum atomic E-state index is 12.4. The zero-order valence-electron chi connectivity index (χ0n) is 11.2. The van der Waals surface area contributed by atoms with Gasteiger partial charge in [-0.1, -0.05) is 49.6 Å². The lowest BCUT2D eigenvalue weighted by molar-refractivity contribution is -0.145. The molecule has 18 heavy (non-hydrogen) atoms. The third-order valence-electron chi connectivity index (χ3n) is 4.04. The van der Waals surface area contributed by atoms with Gasteiger partial charge < -0.3 is 4.74 Å². The van der Waals surface area contributed by atoms with Crippen molar-refractivity contribution in [3.05, 3.63) is 35.9 Å². The molecule has 2 heteroatoms. The van der Waals surface area contributed by atoms with Crippen LogP contribution in [0.4, 0.5) is 0 Å². The highest BCUT2D eigenvalue weighted by molar-refractivity contribution is 5.87. The van der Waals surface area contributed by atoms with E-state index in [-0.39, 0.29) is 5.78 Å². The van der Waals surface area contributed by atoms with Crippen LogP contribution in [0.15, 0.2) is 30.3 Å². The largest absolute Gasteiger partial charge is 0.370 e. The molecule has 0 bridgehead atoms. The minimum Gasteiger partial charge on any atom is -0.370 e. The summed E-state index contributed by atoms with van der Waals surface area (Å²) in [6, 6.07) is 10.2. The van der Waals surface area contributed by atoms with Crippen LogP contribution < -0.4 is 0 Å². The van der Waals surface area contributed by atoms with E-state index in [2.05, 4.69) is 12.1 Å². The predicted molar refractivity (Wildman–Crippen MR) is 72.6 cm³/mol. The maximum Gasteiger partial charge on any atom is 0.164 e. The summed E-state index contributed by atoms with van der Waals surface area (Å²) in [5.74, 6) is 0.286. The summed E-state index contributed by atoms with van der Waals surface area (Å²) in [6.07, 6.45) is 6.68.